The van der Waals surface area contributed by atoms with Gasteiger partial charge in [-0.15, -0.1) is 12.4 Å². The average molecular weight is 244 g/mol. The van der Waals surface area contributed by atoms with E-state index in [2.05, 4.69) is 22.4 Å². The molecule has 0 nitrogen and oxygen atoms in total. The van der Waals surface area contributed by atoms with E-state index in [1.54, 1.807) is 0 Å². The van der Waals surface area contributed by atoms with Crippen molar-refractivity contribution in [1.82, 2.24) is 0 Å². The first-order chi connectivity index (χ1) is 4.91. The summed E-state index contributed by atoms with van der Waals surface area (Å²) in [5, 5.41) is 0. The summed E-state index contributed by atoms with van der Waals surface area (Å²) in [4.78, 5) is 0. The topological polar surface area (TPSA) is 0 Å². The maximum Gasteiger partial charge on any atom is -0.172 e. The Morgan fingerprint density at radius 1 is 1.18 bits per heavy atom. The Bertz CT molecular complexity index is 83.3. The van der Waals surface area contributed by atoms with Gasteiger partial charge in [-0.25, -0.2) is 12.1 Å². The SMILES string of the molecule is C[SiH]C.Cl.[Cl][Ti+].c1cc[cH-]c1. The van der Waals surface area contributed by atoms with Gasteiger partial charge in [-0.05, 0) is 0 Å². The van der Waals surface area contributed by atoms with Crippen LogP contribution in [-0.2, 0) is 19.4 Å². The van der Waals surface area contributed by atoms with Crippen LogP contribution in [0, 0.1) is 0 Å². The molecule has 1 aromatic rings. The Balaban J connectivity index is -0.0000000956. The number of hydrogen-bond acceptors (Lipinski definition) is 0. The van der Waals surface area contributed by atoms with Crippen molar-refractivity contribution >= 4 is 31.2 Å². The summed E-state index contributed by atoms with van der Waals surface area (Å²) >= 11 is 1.47. The zero-order valence-electron chi connectivity index (χ0n) is 6.75. The van der Waals surface area contributed by atoms with E-state index in [1.165, 1.54) is 19.4 Å². The number of rotatable bonds is 0. The van der Waals surface area contributed by atoms with E-state index < -0.39 is 0 Å². The van der Waals surface area contributed by atoms with Crippen LogP contribution in [0.15, 0.2) is 30.3 Å². The van der Waals surface area contributed by atoms with Crippen LogP contribution in [0.2, 0.25) is 13.1 Å². The van der Waals surface area contributed by atoms with E-state index in [9.17, 15) is 0 Å². The quantitative estimate of drug-likeness (QED) is 0.486. The Labute approximate surface area is 93.6 Å². The fourth-order valence-corrected chi connectivity index (χ4v) is 0.321. The van der Waals surface area contributed by atoms with Gasteiger partial charge in [0.1, 0.15) is 0 Å². The molecule has 63 valence electrons. The molecule has 0 aromatic heterocycles. The minimum Gasteiger partial charge on any atom is -0.214 e. The molecule has 0 aliphatic heterocycles. The smallest absolute Gasteiger partial charge is 0.172 e. The second-order valence-corrected chi connectivity index (χ2v) is 2.69. The van der Waals surface area contributed by atoms with E-state index in [1.807, 2.05) is 30.3 Å². The molecule has 0 aliphatic carbocycles. The Hall–Kier alpha value is 0.861. The molecule has 0 fully saturated rings. The van der Waals surface area contributed by atoms with Gasteiger partial charge in [0.15, 0.2) is 0 Å². The Morgan fingerprint density at radius 2 is 1.45 bits per heavy atom. The van der Waals surface area contributed by atoms with E-state index >= 15 is 0 Å². The Kier molecular flexibility index (Phi) is 36.3. The Morgan fingerprint density at radius 3 is 1.55 bits per heavy atom. The minimum atomic E-state index is 0. The summed E-state index contributed by atoms with van der Waals surface area (Å²) in [6.45, 7) is 4.42. The van der Waals surface area contributed by atoms with E-state index in [-0.39, 0.29) is 12.4 Å². The summed E-state index contributed by atoms with van der Waals surface area (Å²) in [6.07, 6.45) is 0. The van der Waals surface area contributed by atoms with Crippen LogP contribution in [0.5, 0.6) is 0 Å². The summed E-state index contributed by atoms with van der Waals surface area (Å²) < 4.78 is 0. The van der Waals surface area contributed by atoms with Gasteiger partial charge >= 0.3 is 28.7 Å². The summed E-state index contributed by atoms with van der Waals surface area (Å²) in [7, 11) is 5.39. The molecule has 0 saturated carbocycles. The molecule has 0 aliphatic rings. The zero-order chi connectivity index (χ0) is 8.24. The monoisotopic (exact) mass is 243 g/mol. The standard InChI is InChI=1S/C5H5.C2H7Si.2ClH.Ti/c1-2-4-5-3-1;1-3-2;;;/h1-5H;3H,1-2H3;2*1H;/q-1;;;;+2/p-1. The molecule has 11 heavy (non-hydrogen) atoms. The molecule has 0 bridgehead atoms. The molecule has 1 aromatic carbocycles. The fraction of sp³-hybridized carbons (Fsp3) is 0.286. The largest absolute Gasteiger partial charge is 0.214 e. The third kappa shape index (κ3) is 24.8. The minimum absolute atomic E-state index is 0. The van der Waals surface area contributed by atoms with Gasteiger partial charge in [0.05, 0.1) is 0 Å². The first-order valence-corrected chi connectivity index (χ1v) is 7.47. The normalized spacial score (nSPS) is 5.64. The maximum absolute atomic E-state index is 4.64. The summed E-state index contributed by atoms with van der Waals surface area (Å²) in [6, 6.07) is 10.0. The van der Waals surface area contributed by atoms with Gasteiger partial charge < -0.3 is 0 Å². The van der Waals surface area contributed by atoms with Gasteiger partial charge in [0.2, 0.25) is 0 Å². The predicted molar refractivity (Wildman–Crippen MR) is 54.0 cm³/mol. The van der Waals surface area contributed by atoms with Crippen LogP contribution < -0.4 is 0 Å². The number of hydrogen-bond donors (Lipinski definition) is 0. The van der Waals surface area contributed by atoms with Crippen molar-refractivity contribution in [3.8, 4) is 0 Å². The number of halogens is 2. The molecular formula is C7H13Cl2SiTi. The molecule has 0 saturated heterocycles. The van der Waals surface area contributed by atoms with E-state index in [4.69, 9.17) is 0 Å². The predicted octanol–water partition coefficient (Wildman–Crippen LogP) is 3.03. The second-order valence-electron chi connectivity index (χ2n) is 1.54. The van der Waals surface area contributed by atoms with Crippen molar-refractivity contribution < 1.29 is 19.4 Å². The van der Waals surface area contributed by atoms with Gasteiger partial charge in [0, 0.05) is 9.52 Å². The molecule has 1 radical (unpaired) electrons. The maximum atomic E-state index is 4.64. The molecule has 0 atom stereocenters. The van der Waals surface area contributed by atoms with Crippen molar-refractivity contribution in [2.75, 3.05) is 0 Å². The molecule has 1 rings (SSSR count). The van der Waals surface area contributed by atoms with Crippen LogP contribution in [0.25, 0.3) is 0 Å². The van der Waals surface area contributed by atoms with Crippen LogP contribution in [0.4, 0.5) is 0 Å². The molecule has 0 unspecified atom stereocenters. The summed E-state index contributed by atoms with van der Waals surface area (Å²) in [5.74, 6) is 0. The van der Waals surface area contributed by atoms with Gasteiger partial charge in [0.25, 0.3) is 0 Å². The van der Waals surface area contributed by atoms with Crippen LogP contribution in [0.3, 0.4) is 0 Å². The van der Waals surface area contributed by atoms with Crippen LogP contribution in [0.1, 0.15) is 0 Å². The van der Waals surface area contributed by atoms with Crippen LogP contribution >= 0.6 is 21.7 Å². The van der Waals surface area contributed by atoms with E-state index in [0.29, 0.717) is 0 Å². The molecule has 0 spiro atoms. The van der Waals surface area contributed by atoms with Gasteiger partial charge in [-0.2, -0.15) is 18.2 Å². The third-order valence-electron chi connectivity index (χ3n) is 0.556. The van der Waals surface area contributed by atoms with Crippen LogP contribution in [-0.4, -0.2) is 9.52 Å². The van der Waals surface area contributed by atoms with Crippen molar-refractivity contribution in [1.29, 1.82) is 0 Å². The van der Waals surface area contributed by atoms with Crippen molar-refractivity contribution in [3.05, 3.63) is 30.3 Å². The van der Waals surface area contributed by atoms with Gasteiger partial charge in [-0.3, -0.25) is 0 Å². The molecule has 0 amide bonds. The summed E-state index contributed by atoms with van der Waals surface area (Å²) in [5.41, 5.74) is 0. The van der Waals surface area contributed by atoms with Crippen molar-refractivity contribution in [2.45, 2.75) is 13.1 Å². The molecular weight excluding hydrogens is 231 g/mol. The average Bonchev–Trinajstić information content (AvgIpc) is 2.48. The molecule has 4 heteroatoms. The first-order valence-electron chi connectivity index (χ1n) is 3.01. The van der Waals surface area contributed by atoms with E-state index in [0.717, 1.165) is 9.52 Å². The molecule has 0 N–H and O–H groups in total. The third-order valence-corrected chi connectivity index (χ3v) is 0.556. The van der Waals surface area contributed by atoms with Crippen molar-refractivity contribution in [3.63, 3.8) is 0 Å². The fourth-order valence-electron chi connectivity index (χ4n) is 0.321. The first kappa shape index (κ1) is 17.8. The van der Waals surface area contributed by atoms with Crippen molar-refractivity contribution in [2.24, 2.45) is 0 Å². The molecule has 0 heterocycles. The second kappa shape index (κ2) is 22.4. The van der Waals surface area contributed by atoms with Gasteiger partial charge in [-0.1, -0.05) is 13.1 Å². The zero-order valence-corrected chi connectivity index (χ0v) is 11.0.